The van der Waals surface area contributed by atoms with Gasteiger partial charge >= 0.3 is 0 Å². The molecule has 0 aliphatic heterocycles. The molecule has 1 aromatic carbocycles. The Labute approximate surface area is 138 Å². The number of rotatable bonds is 5. The molecule has 1 fully saturated rings. The highest BCUT2D eigenvalue weighted by Gasteiger charge is 2.29. The molecule has 1 nitrogen and oxygen atoms in total. The van der Waals surface area contributed by atoms with Crippen molar-refractivity contribution in [2.24, 2.45) is 11.8 Å². The lowest BCUT2D eigenvalue weighted by Crippen LogP contribution is -2.32. The number of hydrogen-bond donors (Lipinski definition) is 1. The van der Waals surface area contributed by atoms with Gasteiger partial charge in [-0.05, 0) is 71.9 Å². The standard InChI is InChI=1S/C18H28IN/c1-4-14-9-7-10-15(12-14)18(20-5-2)16-11-6-8-13(3)17(16)19/h6,8,11,14-15,18,20H,4-5,7,9-10,12H2,1-3H3. The molecule has 2 rings (SSSR count). The molecule has 0 amide bonds. The Bertz CT molecular complexity index is 429. The van der Waals surface area contributed by atoms with Crippen LogP contribution in [0.2, 0.25) is 0 Å². The van der Waals surface area contributed by atoms with E-state index < -0.39 is 0 Å². The first-order chi connectivity index (χ1) is 9.67. The molecule has 0 bridgehead atoms. The monoisotopic (exact) mass is 385 g/mol. The number of benzene rings is 1. The van der Waals surface area contributed by atoms with E-state index in [1.54, 1.807) is 0 Å². The van der Waals surface area contributed by atoms with Gasteiger partial charge in [-0.25, -0.2) is 0 Å². The average molecular weight is 385 g/mol. The van der Waals surface area contributed by atoms with Crippen molar-refractivity contribution in [2.45, 2.75) is 58.9 Å². The third-order valence-electron chi connectivity index (χ3n) is 4.85. The zero-order chi connectivity index (χ0) is 14.5. The second-order valence-electron chi connectivity index (χ2n) is 6.21. The molecule has 1 N–H and O–H groups in total. The molecule has 0 aromatic heterocycles. The Kier molecular flexibility index (Phi) is 6.34. The van der Waals surface area contributed by atoms with Crippen LogP contribution < -0.4 is 5.32 Å². The normalized spacial score (nSPS) is 24.6. The summed E-state index contributed by atoms with van der Waals surface area (Å²) in [5.74, 6) is 1.75. The van der Waals surface area contributed by atoms with Gasteiger partial charge in [0.1, 0.15) is 0 Å². The fourth-order valence-electron chi connectivity index (χ4n) is 3.67. The molecule has 1 aliphatic carbocycles. The lowest BCUT2D eigenvalue weighted by atomic mass is 9.75. The lowest BCUT2D eigenvalue weighted by Gasteiger charge is -2.35. The maximum absolute atomic E-state index is 3.78. The Morgan fingerprint density at radius 2 is 2.10 bits per heavy atom. The lowest BCUT2D eigenvalue weighted by molar-refractivity contribution is 0.210. The second-order valence-corrected chi connectivity index (χ2v) is 7.29. The first-order valence-electron chi connectivity index (χ1n) is 8.15. The highest BCUT2D eigenvalue weighted by Crippen LogP contribution is 2.39. The van der Waals surface area contributed by atoms with Gasteiger partial charge in [0.2, 0.25) is 0 Å². The van der Waals surface area contributed by atoms with Crippen LogP contribution >= 0.6 is 22.6 Å². The van der Waals surface area contributed by atoms with E-state index in [9.17, 15) is 0 Å². The van der Waals surface area contributed by atoms with Gasteiger partial charge in [0, 0.05) is 9.61 Å². The molecule has 3 atom stereocenters. The van der Waals surface area contributed by atoms with E-state index in [4.69, 9.17) is 0 Å². The Hall–Kier alpha value is -0.0900. The zero-order valence-corrected chi connectivity index (χ0v) is 15.2. The third kappa shape index (κ3) is 3.76. The summed E-state index contributed by atoms with van der Waals surface area (Å²) in [5, 5.41) is 3.78. The molecule has 0 saturated heterocycles. The fourth-order valence-corrected chi connectivity index (χ4v) is 4.36. The van der Waals surface area contributed by atoms with Crippen LogP contribution in [0, 0.1) is 22.3 Å². The maximum Gasteiger partial charge on any atom is 0.0359 e. The van der Waals surface area contributed by atoms with Crippen molar-refractivity contribution < 1.29 is 0 Å². The van der Waals surface area contributed by atoms with Crippen molar-refractivity contribution in [3.05, 3.63) is 32.9 Å². The van der Waals surface area contributed by atoms with Crippen LogP contribution in [0.15, 0.2) is 18.2 Å². The molecule has 1 aliphatic rings. The van der Waals surface area contributed by atoms with Crippen molar-refractivity contribution >= 4 is 22.6 Å². The third-order valence-corrected chi connectivity index (χ3v) is 6.33. The summed E-state index contributed by atoms with van der Waals surface area (Å²) >= 11 is 2.53. The zero-order valence-electron chi connectivity index (χ0n) is 13.1. The molecule has 3 unspecified atom stereocenters. The predicted octanol–water partition coefficient (Wildman–Crippen LogP) is 5.47. The number of halogens is 1. The molecule has 0 spiro atoms. The van der Waals surface area contributed by atoms with Crippen LogP contribution in [-0.2, 0) is 0 Å². The molecule has 20 heavy (non-hydrogen) atoms. The largest absolute Gasteiger partial charge is 0.310 e. The highest BCUT2D eigenvalue weighted by molar-refractivity contribution is 14.1. The summed E-state index contributed by atoms with van der Waals surface area (Å²) in [6.07, 6.45) is 6.99. The van der Waals surface area contributed by atoms with Gasteiger partial charge in [-0.3, -0.25) is 0 Å². The summed E-state index contributed by atoms with van der Waals surface area (Å²) < 4.78 is 1.45. The molecular weight excluding hydrogens is 357 g/mol. The first kappa shape index (κ1) is 16.3. The first-order valence-corrected chi connectivity index (χ1v) is 9.23. The summed E-state index contributed by atoms with van der Waals surface area (Å²) in [6.45, 7) is 7.87. The fraction of sp³-hybridized carbons (Fsp3) is 0.667. The molecular formula is C18H28IN. The molecule has 0 radical (unpaired) electrons. The Morgan fingerprint density at radius 1 is 1.30 bits per heavy atom. The molecule has 1 saturated carbocycles. The van der Waals surface area contributed by atoms with Crippen LogP contribution in [0.25, 0.3) is 0 Å². The van der Waals surface area contributed by atoms with Crippen molar-refractivity contribution in [3.8, 4) is 0 Å². The van der Waals surface area contributed by atoms with E-state index in [1.165, 1.54) is 46.8 Å². The number of hydrogen-bond acceptors (Lipinski definition) is 1. The molecule has 1 aromatic rings. The van der Waals surface area contributed by atoms with Crippen molar-refractivity contribution in [1.29, 1.82) is 0 Å². The van der Waals surface area contributed by atoms with E-state index in [0.29, 0.717) is 6.04 Å². The van der Waals surface area contributed by atoms with Crippen LogP contribution in [0.5, 0.6) is 0 Å². The average Bonchev–Trinajstić information content (AvgIpc) is 2.48. The van der Waals surface area contributed by atoms with Crippen molar-refractivity contribution in [2.75, 3.05) is 6.54 Å². The summed E-state index contributed by atoms with van der Waals surface area (Å²) in [4.78, 5) is 0. The van der Waals surface area contributed by atoms with Crippen molar-refractivity contribution in [3.63, 3.8) is 0 Å². The van der Waals surface area contributed by atoms with Gasteiger partial charge in [0.15, 0.2) is 0 Å². The molecule has 0 heterocycles. The van der Waals surface area contributed by atoms with E-state index in [2.05, 4.69) is 66.9 Å². The molecule has 112 valence electrons. The maximum atomic E-state index is 3.78. The van der Waals surface area contributed by atoms with Gasteiger partial charge in [0.25, 0.3) is 0 Å². The Balaban J connectivity index is 2.23. The summed E-state index contributed by atoms with van der Waals surface area (Å²) in [7, 11) is 0. The minimum atomic E-state index is 0.543. The van der Waals surface area contributed by atoms with Crippen LogP contribution in [0.4, 0.5) is 0 Å². The minimum absolute atomic E-state index is 0.543. The minimum Gasteiger partial charge on any atom is -0.310 e. The number of aryl methyl sites for hydroxylation is 1. The van der Waals surface area contributed by atoms with Crippen LogP contribution in [0.3, 0.4) is 0 Å². The van der Waals surface area contributed by atoms with Gasteiger partial charge in [-0.15, -0.1) is 0 Å². The van der Waals surface area contributed by atoms with E-state index in [0.717, 1.165) is 18.4 Å². The smallest absolute Gasteiger partial charge is 0.0359 e. The SMILES string of the molecule is CCNC(c1cccc(C)c1I)C1CCCC(CC)C1. The van der Waals surface area contributed by atoms with E-state index >= 15 is 0 Å². The van der Waals surface area contributed by atoms with Gasteiger partial charge < -0.3 is 5.32 Å². The second kappa shape index (κ2) is 7.79. The van der Waals surface area contributed by atoms with Gasteiger partial charge in [0.05, 0.1) is 0 Å². The van der Waals surface area contributed by atoms with Crippen LogP contribution in [0.1, 0.15) is 63.1 Å². The topological polar surface area (TPSA) is 12.0 Å². The summed E-state index contributed by atoms with van der Waals surface area (Å²) in [5.41, 5.74) is 2.93. The highest BCUT2D eigenvalue weighted by atomic mass is 127. The number of nitrogens with one attached hydrogen (secondary N) is 1. The molecule has 2 heteroatoms. The van der Waals surface area contributed by atoms with E-state index in [-0.39, 0.29) is 0 Å². The van der Waals surface area contributed by atoms with Gasteiger partial charge in [-0.1, -0.05) is 51.3 Å². The Morgan fingerprint density at radius 3 is 2.80 bits per heavy atom. The van der Waals surface area contributed by atoms with Crippen LogP contribution in [-0.4, -0.2) is 6.54 Å². The van der Waals surface area contributed by atoms with Crippen molar-refractivity contribution in [1.82, 2.24) is 5.32 Å². The summed E-state index contributed by atoms with van der Waals surface area (Å²) in [6, 6.07) is 7.32. The van der Waals surface area contributed by atoms with Gasteiger partial charge in [-0.2, -0.15) is 0 Å². The predicted molar refractivity (Wildman–Crippen MR) is 96.1 cm³/mol. The quantitative estimate of drug-likeness (QED) is 0.663. The van der Waals surface area contributed by atoms with E-state index in [1.807, 2.05) is 0 Å².